The average molecular weight is 376 g/mol. The van der Waals surface area contributed by atoms with Crippen LogP contribution >= 0.6 is 23.2 Å². The maximum Gasteiger partial charge on any atom is 0.274 e. The molecular formula is C18H12Cl2FN3O. The average Bonchev–Trinajstić information content (AvgIpc) is 2.56. The van der Waals surface area contributed by atoms with Crippen LogP contribution in [0.3, 0.4) is 0 Å². The van der Waals surface area contributed by atoms with E-state index >= 15 is 0 Å². The lowest BCUT2D eigenvalue weighted by Gasteiger charge is -2.09. The molecule has 126 valence electrons. The smallest absolute Gasteiger partial charge is 0.274 e. The van der Waals surface area contributed by atoms with Crippen molar-refractivity contribution in [3.8, 4) is 0 Å². The van der Waals surface area contributed by atoms with Crippen molar-refractivity contribution in [2.24, 2.45) is 0 Å². The SMILES string of the molecule is O=C(Nc1cc(Cl)cc(Cl)c1)c1ccc(Nc2ccccc2F)cn1. The molecule has 1 aromatic heterocycles. The number of benzene rings is 2. The van der Waals surface area contributed by atoms with Crippen LogP contribution in [0.5, 0.6) is 0 Å². The largest absolute Gasteiger partial charge is 0.352 e. The normalized spacial score (nSPS) is 10.4. The van der Waals surface area contributed by atoms with Gasteiger partial charge in [-0.1, -0.05) is 35.3 Å². The summed E-state index contributed by atoms with van der Waals surface area (Å²) in [5.74, 6) is -0.780. The van der Waals surface area contributed by atoms with Crippen LogP contribution in [-0.2, 0) is 0 Å². The van der Waals surface area contributed by atoms with Crippen molar-refractivity contribution in [2.75, 3.05) is 10.6 Å². The molecule has 25 heavy (non-hydrogen) atoms. The molecule has 0 spiro atoms. The molecule has 3 rings (SSSR count). The number of nitrogens with zero attached hydrogens (tertiary/aromatic N) is 1. The molecule has 0 unspecified atom stereocenters. The van der Waals surface area contributed by atoms with Crippen LogP contribution in [-0.4, -0.2) is 10.9 Å². The summed E-state index contributed by atoms with van der Waals surface area (Å²) in [6.45, 7) is 0. The molecule has 0 aliphatic rings. The summed E-state index contributed by atoms with van der Waals surface area (Å²) in [5.41, 5.74) is 1.57. The van der Waals surface area contributed by atoms with E-state index in [1.807, 2.05) is 0 Å². The summed E-state index contributed by atoms with van der Waals surface area (Å²) >= 11 is 11.8. The number of pyridine rings is 1. The maximum atomic E-state index is 13.6. The van der Waals surface area contributed by atoms with Crippen molar-refractivity contribution in [1.29, 1.82) is 0 Å². The van der Waals surface area contributed by atoms with Crippen LogP contribution in [0.25, 0.3) is 0 Å². The van der Waals surface area contributed by atoms with Crippen molar-refractivity contribution in [2.45, 2.75) is 0 Å². The second kappa shape index (κ2) is 7.51. The third-order valence-electron chi connectivity index (χ3n) is 3.27. The second-order valence-electron chi connectivity index (χ2n) is 5.15. The third kappa shape index (κ3) is 4.47. The van der Waals surface area contributed by atoms with Crippen molar-refractivity contribution in [1.82, 2.24) is 4.98 Å². The lowest BCUT2D eigenvalue weighted by molar-refractivity contribution is 0.102. The van der Waals surface area contributed by atoms with Gasteiger partial charge in [0.1, 0.15) is 11.5 Å². The number of hydrogen-bond donors (Lipinski definition) is 2. The number of anilines is 3. The highest BCUT2D eigenvalue weighted by Gasteiger charge is 2.09. The first-order valence-electron chi connectivity index (χ1n) is 7.26. The van der Waals surface area contributed by atoms with E-state index in [2.05, 4.69) is 15.6 Å². The molecule has 0 bridgehead atoms. The quantitative estimate of drug-likeness (QED) is 0.630. The molecule has 1 amide bonds. The second-order valence-corrected chi connectivity index (χ2v) is 6.02. The first kappa shape index (κ1) is 17.2. The molecule has 0 atom stereocenters. The molecule has 2 N–H and O–H groups in total. The van der Waals surface area contributed by atoms with Crippen LogP contribution in [0, 0.1) is 5.82 Å². The minimum absolute atomic E-state index is 0.204. The summed E-state index contributed by atoms with van der Waals surface area (Å²) in [4.78, 5) is 16.3. The number of para-hydroxylation sites is 1. The first-order chi connectivity index (χ1) is 12.0. The Morgan fingerprint density at radius 2 is 1.68 bits per heavy atom. The number of hydrogen-bond acceptors (Lipinski definition) is 3. The van der Waals surface area contributed by atoms with Gasteiger partial charge in [0.05, 0.1) is 17.6 Å². The summed E-state index contributed by atoms with van der Waals surface area (Å²) in [6.07, 6.45) is 1.45. The molecule has 3 aromatic rings. The number of carbonyl (C=O) groups is 1. The van der Waals surface area contributed by atoms with Gasteiger partial charge in [0.15, 0.2) is 0 Å². The first-order valence-corrected chi connectivity index (χ1v) is 8.02. The Hall–Kier alpha value is -2.63. The topological polar surface area (TPSA) is 54.0 Å². The summed E-state index contributed by atoms with van der Waals surface area (Å²) < 4.78 is 13.6. The van der Waals surface area contributed by atoms with Crippen LogP contribution < -0.4 is 10.6 Å². The number of amides is 1. The standard InChI is InChI=1S/C18H12Cl2FN3O/c19-11-7-12(20)9-14(8-11)24-18(25)17-6-5-13(10-22-17)23-16-4-2-1-3-15(16)21/h1-10,23H,(H,24,25). The monoisotopic (exact) mass is 375 g/mol. The fourth-order valence-corrected chi connectivity index (χ4v) is 2.67. The van der Waals surface area contributed by atoms with Gasteiger partial charge in [-0.25, -0.2) is 9.37 Å². The zero-order valence-electron chi connectivity index (χ0n) is 12.8. The third-order valence-corrected chi connectivity index (χ3v) is 3.71. The number of carbonyl (C=O) groups excluding carboxylic acids is 1. The van der Waals surface area contributed by atoms with Crippen LogP contribution in [0.1, 0.15) is 10.5 Å². The highest BCUT2D eigenvalue weighted by atomic mass is 35.5. The lowest BCUT2D eigenvalue weighted by atomic mass is 10.2. The molecule has 0 saturated carbocycles. The Bertz CT molecular complexity index is 896. The number of nitrogens with one attached hydrogen (secondary N) is 2. The molecule has 7 heteroatoms. The minimum Gasteiger partial charge on any atom is -0.352 e. The molecular weight excluding hydrogens is 364 g/mol. The predicted octanol–water partition coefficient (Wildman–Crippen LogP) is 5.52. The molecule has 0 saturated heterocycles. The number of halogens is 3. The zero-order chi connectivity index (χ0) is 17.8. The molecule has 0 radical (unpaired) electrons. The zero-order valence-corrected chi connectivity index (χ0v) is 14.3. The summed E-state index contributed by atoms with van der Waals surface area (Å²) in [7, 11) is 0. The number of rotatable bonds is 4. The maximum absolute atomic E-state index is 13.6. The van der Waals surface area contributed by atoms with Crippen molar-refractivity contribution < 1.29 is 9.18 Å². The molecule has 2 aromatic carbocycles. The van der Waals surface area contributed by atoms with E-state index in [1.165, 1.54) is 18.3 Å². The highest BCUT2D eigenvalue weighted by Crippen LogP contribution is 2.23. The highest BCUT2D eigenvalue weighted by molar-refractivity contribution is 6.35. The van der Waals surface area contributed by atoms with Gasteiger partial charge in [-0.2, -0.15) is 0 Å². The van der Waals surface area contributed by atoms with Crippen molar-refractivity contribution >= 4 is 46.2 Å². The lowest BCUT2D eigenvalue weighted by Crippen LogP contribution is -2.13. The summed E-state index contributed by atoms with van der Waals surface area (Å²) in [6, 6.07) is 14.2. The molecule has 0 fully saturated rings. The fraction of sp³-hybridized carbons (Fsp3) is 0. The molecule has 0 aliphatic carbocycles. The predicted molar refractivity (Wildman–Crippen MR) is 98.3 cm³/mol. The molecule has 1 heterocycles. The van der Waals surface area contributed by atoms with Crippen LogP contribution in [0.4, 0.5) is 21.5 Å². The van der Waals surface area contributed by atoms with Gasteiger partial charge in [0.2, 0.25) is 0 Å². The van der Waals surface area contributed by atoms with Gasteiger partial charge < -0.3 is 10.6 Å². The summed E-state index contributed by atoms with van der Waals surface area (Å²) in [5, 5.41) is 6.40. The van der Waals surface area contributed by atoms with Gasteiger partial charge in [-0.05, 0) is 42.5 Å². The molecule has 4 nitrogen and oxygen atoms in total. The van der Waals surface area contributed by atoms with Gasteiger partial charge >= 0.3 is 0 Å². The van der Waals surface area contributed by atoms with E-state index in [4.69, 9.17) is 23.2 Å². The Morgan fingerprint density at radius 3 is 2.32 bits per heavy atom. The van der Waals surface area contributed by atoms with E-state index < -0.39 is 5.91 Å². The van der Waals surface area contributed by atoms with Crippen molar-refractivity contribution in [3.05, 3.63) is 82.4 Å². The van der Waals surface area contributed by atoms with E-state index in [-0.39, 0.29) is 11.5 Å². The Balaban J connectivity index is 1.71. The fourth-order valence-electron chi connectivity index (χ4n) is 2.14. The van der Waals surface area contributed by atoms with Crippen LogP contribution in [0.2, 0.25) is 10.0 Å². The van der Waals surface area contributed by atoms with E-state index in [9.17, 15) is 9.18 Å². The molecule has 0 aliphatic heterocycles. The number of aromatic nitrogens is 1. The van der Waals surface area contributed by atoms with E-state index in [0.717, 1.165) is 0 Å². The Morgan fingerprint density at radius 1 is 0.960 bits per heavy atom. The van der Waals surface area contributed by atoms with Gasteiger partial charge in [0, 0.05) is 15.7 Å². The van der Waals surface area contributed by atoms with Gasteiger partial charge in [-0.3, -0.25) is 4.79 Å². The minimum atomic E-state index is -0.407. The van der Waals surface area contributed by atoms with E-state index in [1.54, 1.807) is 42.5 Å². The Kier molecular flexibility index (Phi) is 5.16. The van der Waals surface area contributed by atoms with Crippen LogP contribution in [0.15, 0.2) is 60.8 Å². The van der Waals surface area contributed by atoms with Crippen molar-refractivity contribution in [3.63, 3.8) is 0 Å². The Labute approximate surface area is 153 Å². The van der Waals surface area contributed by atoms with Gasteiger partial charge in [-0.15, -0.1) is 0 Å². The van der Waals surface area contributed by atoms with Gasteiger partial charge in [0.25, 0.3) is 5.91 Å². The van der Waals surface area contributed by atoms with E-state index in [0.29, 0.717) is 27.1 Å².